The van der Waals surface area contributed by atoms with E-state index in [0.717, 1.165) is 30.9 Å². The molecule has 0 fully saturated rings. The van der Waals surface area contributed by atoms with Gasteiger partial charge in [0.15, 0.2) is 5.69 Å². The number of carbonyl (C=O) groups is 1. The maximum atomic E-state index is 12.8. The molecular formula is C22H22ClN5OS. The molecule has 8 heteroatoms. The molecule has 2 aromatic heterocycles. The van der Waals surface area contributed by atoms with Crippen molar-refractivity contribution < 1.29 is 4.79 Å². The predicted octanol–water partition coefficient (Wildman–Crippen LogP) is 4.17. The van der Waals surface area contributed by atoms with Gasteiger partial charge in [-0.1, -0.05) is 29.5 Å². The van der Waals surface area contributed by atoms with E-state index in [-0.39, 0.29) is 18.3 Å². The summed E-state index contributed by atoms with van der Waals surface area (Å²) in [5.74, 6) is -0.224. The van der Waals surface area contributed by atoms with Crippen LogP contribution in [-0.2, 0) is 19.5 Å². The normalized spacial score (nSPS) is 13.0. The van der Waals surface area contributed by atoms with Crippen molar-refractivity contribution in [3.8, 4) is 0 Å². The number of fused-ring (bicyclic) bond motifs is 2. The molecule has 6 nitrogen and oxygen atoms in total. The van der Waals surface area contributed by atoms with E-state index in [1.54, 1.807) is 16.0 Å². The van der Waals surface area contributed by atoms with Crippen molar-refractivity contribution in [3.05, 3.63) is 75.9 Å². The van der Waals surface area contributed by atoms with Gasteiger partial charge < -0.3 is 10.6 Å². The van der Waals surface area contributed by atoms with Crippen molar-refractivity contribution in [2.24, 2.45) is 0 Å². The van der Waals surface area contributed by atoms with Crippen molar-refractivity contribution >= 4 is 45.4 Å². The molecule has 1 amide bonds. The molecule has 0 unspecified atom stereocenters. The average Bonchev–Trinajstić information content (AvgIpc) is 3.32. The van der Waals surface area contributed by atoms with Gasteiger partial charge in [-0.25, -0.2) is 4.68 Å². The van der Waals surface area contributed by atoms with Crippen LogP contribution in [0.4, 0.5) is 5.69 Å². The van der Waals surface area contributed by atoms with Gasteiger partial charge in [0.2, 0.25) is 0 Å². The highest BCUT2D eigenvalue weighted by Crippen LogP contribution is 2.26. The van der Waals surface area contributed by atoms with Crippen LogP contribution in [0.2, 0.25) is 0 Å². The second-order valence-corrected chi connectivity index (χ2v) is 8.21. The SMILES string of the molecule is Cc1c(C(=O)Nc2ccc3c(c2)CCNC3)nnn1Cc1csc2ccccc12.Cl. The van der Waals surface area contributed by atoms with Crippen molar-refractivity contribution in [2.75, 3.05) is 11.9 Å². The third-order valence-corrected chi connectivity index (χ3v) is 6.44. The number of nitrogens with zero attached hydrogens (tertiary/aromatic N) is 3. The van der Waals surface area contributed by atoms with Gasteiger partial charge >= 0.3 is 0 Å². The fraction of sp³-hybridized carbons (Fsp3) is 0.227. The number of amides is 1. The molecule has 154 valence electrons. The third kappa shape index (κ3) is 3.84. The first-order chi connectivity index (χ1) is 14.2. The van der Waals surface area contributed by atoms with Crippen LogP contribution in [-0.4, -0.2) is 27.4 Å². The highest BCUT2D eigenvalue weighted by Gasteiger charge is 2.18. The van der Waals surface area contributed by atoms with Gasteiger partial charge in [0, 0.05) is 16.9 Å². The summed E-state index contributed by atoms with van der Waals surface area (Å²) in [6.45, 7) is 4.34. The molecule has 2 aromatic carbocycles. The summed E-state index contributed by atoms with van der Waals surface area (Å²) in [5, 5.41) is 18.1. The van der Waals surface area contributed by atoms with Crippen LogP contribution in [0.1, 0.15) is 32.9 Å². The Balaban J connectivity index is 0.00000218. The van der Waals surface area contributed by atoms with Gasteiger partial charge in [-0.15, -0.1) is 28.8 Å². The number of halogens is 1. The van der Waals surface area contributed by atoms with Crippen molar-refractivity contribution in [3.63, 3.8) is 0 Å². The van der Waals surface area contributed by atoms with Gasteiger partial charge in [-0.05, 0) is 65.5 Å². The lowest BCUT2D eigenvalue weighted by molar-refractivity contribution is 0.102. The van der Waals surface area contributed by atoms with E-state index in [0.29, 0.717) is 12.2 Å². The first-order valence-corrected chi connectivity index (χ1v) is 10.6. The summed E-state index contributed by atoms with van der Waals surface area (Å²) in [6.07, 6.45) is 0.975. The van der Waals surface area contributed by atoms with E-state index in [1.807, 2.05) is 25.1 Å². The van der Waals surface area contributed by atoms with E-state index in [4.69, 9.17) is 0 Å². The zero-order valence-corrected chi connectivity index (χ0v) is 18.1. The number of anilines is 1. The first-order valence-electron chi connectivity index (χ1n) is 9.68. The summed E-state index contributed by atoms with van der Waals surface area (Å²) in [5.41, 5.74) is 5.69. The molecule has 30 heavy (non-hydrogen) atoms. The van der Waals surface area contributed by atoms with E-state index < -0.39 is 0 Å². The number of carbonyl (C=O) groups excluding carboxylic acids is 1. The molecule has 0 saturated carbocycles. The average molecular weight is 440 g/mol. The minimum absolute atomic E-state index is 0. The topological polar surface area (TPSA) is 71.8 Å². The van der Waals surface area contributed by atoms with Gasteiger partial charge in [0.25, 0.3) is 5.91 Å². The molecule has 0 atom stereocenters. The molecule has 0 saturated heterocycles. The first kappa shape index (κ1) is 20.5. The monoisotopic (exact) mass is 439 g/mol. The second kappa shape index (κ2) is 8.55. The van der Waals surface area contributed by atoms with Crippen LogP contribution >= 0.6 is 23.7 Å². The Morgan fingerprint density at radius 3 is 3.00 bits per heavy atom. The smallest absolute Gasteiger partial charge is 0.278 e. The molecule has 0 aliphatic carbocycles. The Hall–Kier alpha value is -2.74. The van der Waals surface area contributed by atoms with E-state index in [9.17, 15) is 4.79 Å². The van der Waals surface area contributed by atoms with E-state index >= 15 is 0 Å². The quantitative estimate of drug-likeness (QED) is 0.500. The van der Waals surface area contributed by atoms with Crippen molar-refractivity contribution in [1.29, 1.82) is 0 Å². The van der Waals surface area contributed by atoms with Gasteiger partial charge in [-0.3, -0.25) is 4.79 Å². The van der Waals surface area contributed by atoms with Gasteiger partial charge in [0.1, 0.15) is 0 Å². The fourth-order valence-corrected chi connectivity index (χ4v) is 4.74. The molecule has 0 bridgehead atoms. The Morgan fingerprint density at radius 1 is 1.23 bits per heavy atom. The lowest BCUT2D eigenvalue weighted by atomic mass is 10.0. The largest absolute Gasteiger partial charge is 0.321 e. The maximum Gasteiger partial charge on any atom is 0.278 e. The van der Waals surface area contributed by atoms with Gasteiger partial charge in [-0.2, -0.15) is 0 Å². The van der Waals surface area contributed by atoms with Crippen molar-refractivity contribution in [2.45, 2.75) is 26.4 Å². The van der Waals surface area contributed by atoms with Crippen LogP contribution in [0.15, 0.2) is 47.8 Å². The Bertz CT molecular complexity index is 1220. The van der Waals surface area contributed by atoms with Crippen molar-refractivity contribution in [1.82, 2.24) is 20.3 Å². The zero-order valence-electron chi connectivity index (χ0n) is 16.5. The summed E-state index contributed by atoms with van der Waals surface area (Å²) in [6, 6.07) is 14.4. The predicted molar refractivity (Wildman–Crippen MR) is 123 cm³/mol. The molecule has 5 rings (SSSR count). The Morgan fingerprint density at radius 2 is 2.10 bits per heavy atom. The van der Waals surface area contributed by atoms with Crippen LogP contribution < -0.4 is 10.6 Å². The third-order valence-electron chi connectivity index (χ3n) is 5.43. The van der Waals surface area contributed by atoms with Crippen LogP contribution in [0.5, 0.6) is 0 Å². The standard InChI is InChI=1S/C22H21N5OS.ClH/c1-14-21(22(28)24-18-7-6-16-11-23-9-8-15(16)10-18)25-26-27(14)12-17-13-29-20-5-3-2-4-19(17)20;/h2-7,10,13,23H,8-9,11-12H2,1H3,(H,24,28);1H. The summed E-state index contributed by atoms with van der Waals surface area (Å²) >= 11 is 1.72. The lowest BCUT2D eigenvalue weighted by Gasteiger charge is -2.18. The lowest BCUT2D eigenvalue weighted by Crippen LogP contribution is -2.23. The number of aromatic nitrogens is 3. The molecular weight excluding hydrogens is 418 g/mol. The minimum atomic E-state index is -0.224. The summed E-state index contributed by atoms with van der Waals surface area (Å²) in [7, 11) is 0. The maximum absolute atomic E-state index is 12.8. The van der Waals surface area contributed by atoms with E-state index in [2.05, 4.69) is 50.6 Å². The summed E-state index contributed by atoms with van der Waals surface area (Å²) in [4.78, 5) is 12.8. The number of hydrogen-bond donors (Lipinski definition) is 2. The highest BCUT2D eigenvalue weighted by atomic mass is 35.5. The minimum Gasteiger partial charge on any atom is -0.321 e. The zero-order chi connectivity index (χ0) is 19.8. The second-order valence-electron chi connectivity index (χ2n) is 7.30. The van der Waals surface area contributed by atoms with Gasteiger partial charge in [0.05, 0.1) is 12.2 Å². The molecule has 1 aliphatic heterocycles. The molecule has 4 aromatic rings. The highest BCUT2D eigenvalue weighted by molar-refractivity contribution is 7.17. The fourth-order valence-electron chi connectivity index (χ4n) is 3.78. The molecule has 3 heterocycles. The number of nitrogens with one attached hydrogen (secondary N) is 2. The number of rotatable bonds is 4. The van der Waals surface area contributed by atoms with Crippen LogP contribution in [0.25, 0.3) is 10.1 Å². The summed E-state index contributed by atoms with van der Waals surface area (Å²) < 4.78 is 3.04. The Kier molecular flexibility index (Phi) is 5.85. The number of hydrogen-bond acceptors (Lipinski definition) is 5. The number of benzene rings is 2. The molecule has 0 spiro atoms. The Labute approximate surface area is 184 Å². The molecule has 0 radical (unpaired) electrons. The molecule has 2 N–H and O–H groups in total. The molecule has 1 aliphatic rings. The van der Waals surface area contributed by atoms with Crippen LogP contribution in [0.3, 0.4) is 0 Å². The van der Waals surface area contributed by atoms with Crippen LogP contribution in [0, 0.1) is 6.92 Å². The number of thiophene rings is 1. The van der Waals surface area contributed by atoms with E-state index in [1.165, 1.54) is 26.8 Å².